The van der Waals surface area contributed by atoms with Gasteiger partial charge in [0.25, 0.3) is 23.6 Å². The largest absolute Gasteiger partial charge is 0.416 e. The van der Waals surface area contributed by atoms with E-state index < -0.39 is 65.3 Å². The maximum atomic E-state index is 15.3. The van der Waals surface area contributed by atoms with Gasteiger partial charge in [0.2, 0.25) is 0 Å². The Morgan fingerprint density at radius 2 is 1.07 bits per heavy atom. The van der Waals surface area contributed by atoms with Crippen molar-refractivity contribution >= 4 is 63.8 Å². The molecule has 55 heavy (non-hydrogen) atoms. The first kappa shape index (κ1) is 37.0. The van der Waals surface area contributed by atoms with Crippen molar-refractivity contribution in [3.05, 3.63) is 148 Å². The smallest absolute Gasteiger partial charge is 0.388 e. The van der Waals surface area contributed by atoms with E-state index >= 15 is 4.57 Å². The molecule has 1 atom stereocenters. The molecule has 2 aliphatic heterocycles. The molecule has 4 amide bonds. The van der Waals surface area contributed by atoms with E-state index in [9.17, 15) is 50.3 Å². The third kappa shape index (κ3) is 6.10. The minimum Gasteiger partial charge on any atom is -0.388 e. The number of carbonyl (C=O) groups excluding carboxylic acids is 5. The second-order valence-electron chi connectivity index (χ2n) is 12.7. The number of imide groups is 2. The first-order chi connectivity index (χ1) is 25.8. The molecule has 16 heteroatoms. The van der Waals surface area contributed by atoms with Crippen LogP contribution in [0.1, 0.15) is 68.5 Å². The molecule has 5 aromatic carbocycles. The molecular formula is C39H24F6N3O6P. The third-order valence-corrected chi connectivity index (χ3v) is 12.4. The molecule has 278 valence electrons. The predicted octanol–water partition coefficient (Wildman–Crippen LogP) is 6.66. The molecular weight excluding hydrogens is 751 g/mol. The van der Waals surface area contributed by atoms with Gasteiger partial charge in [-0.05, 0) is 66.7 Å². The Hall–Kier alpha value is -6.34. The summed E-state index contributed by atoms with van der Waals surface area (Å²) >= 11 is 0. The van der Waals surface area contributed by atoms with E-state index in [0.29, 0.717) is 22.7 Å². The fraction of sp³-hybridized carbons (Fsp3) is 0.103. The van der Waals surface area contributed by atoms with Crippen LogP contribution in [0.4, 0.5) is 37.7 Å². The quantitative estimate of drug-likeness (QED) is 0.0850. The molecule has 0 saturated heterocycles. The van der Waals surface area contributed by atoms with Crippen molar-refractivity contribution in [2.24, 2.45) is 0 Å². The van der Waals surface area contributed by atoms with Gasteiger partial charge in [-0.2, -0.15) is 26.3 Å². The van der Waals surface area contributed by atoms with Crippen LogP contribution in [0.2, 0.25) is 0 Å². The molecule has 1 unspecified atom stereocenters. The van der Waals surface area contributed by atoms with Crippen LogP contribution in [-0.4, -0.2) is 48.4 Å². The number of benzene rings is 5. The molecule has 2 heterocycles. The Morgan fingerprint density at radius 1 is 0.582 bits per heavy atom. The Bertz CT molecular complexity index is 2550. The maximum absolute atomic E-state index is 15.3. The van der Waals surface area contributed by atoms with E-state index in [4.69, 9.17) is 0 Å². The molecule has 0 fully saturated rings. The first-order valence-electron chi connectivity index (χ1n) is 16.2. The van der Waals surface area contributed by atoms with Crippen LogP contribution >= 0.6 is 7.14 Å². The molecule has 0 aliphatic carbocycles. The van der Waals surface area contributed by atoms with Gasteiger partial charge in [-0.3, -0.25) is 28.9 Å². The summed E-state index contributed by atoms with van der Waals surface area (Å²) in [5.74, 6) is -3.56. The highest BCUT2D eigenvalue weighted by Crippen LogP contribution is 2.47. The number of rotatable bonds is 7. The fourth-order valence-electron chi connectivity index (χ4n) is 6.54. The van der Waals surface area contributed by atoms with Crippen molar-refractivity contribution in [3.63, 3.8) is 0 Å². The zero-order chi connectivity index (χ0) is 39.8. The van der Waals surface area contributed by atoms with Gasteiger partial charge in [0, 0.05) is 46.8 Å². The Kier molecular flexibility index (Phi) is 8.68. The molecule has 1 N–H and O–H groups in total. The number of anilines is 2. The van der Waals surface area contributed by atoms with E-state index in [1.807, 2.05) is 0 Å². The summed E-state index contributed by atoms with van der Waals surface area (Å²) < 4.78 is 99.4. The lowest BCUT2D eigenvalue weighted by atomic mass is 9.96. The topological polar surface area (TPSA) is 121 Å². The maximum Gasteiger partial charge on any atom is 0.416 e. The zero-order valence-corrected chi connectivity index (χ0v) is 29.3. The predicted molar refractivity (Wildman–Crippen MR) is 189 cm³/mol. The number of halogens is 6. The van der Waals surface area contributed by atoms with Crippen molar-refractivity contribution in [1.29, 1.82) is 0 Å². The number of ketones is 1. The lowest BCUT2D eigenvalue weighted by Crippen LogP contribution is -2.31. The SMILES string of the molecule is CNc1cccc(P(=O)(c2cccc(N3C(=O)c4ccc(C(=O)c5ccc6c(c5)C(=O)N(C)C6=O)cc4C3=O)c2)c2cc(C(F)(F)F)cc(C(F)(F)F)c2)c1. The number of amides is 4. The van der Waals surface area contributed by atoms with Gasteiger partial charge in [0.1, 0.15) is 0 Å². The first-order valence-corrected chi connectivity index (χ1v) is 17.9. The van der Waals surface area contributed by atoms with Gasteiger partial charge >= 0.3 is 12.4 Å². The summed E-state index contributed by atoms with van der Waals surface area (Å²) in [7, 11) is -1.84. The third-order valence-electron chi connectivity index (χ3n) is 9.39. The highest BCUT2D eigenvalue weighted by molar-refractivity contribution is 7.85. The monoisotopic (exact) mass is 775 g/mol. The van der Waals surface area contributed by atoms with Crippen LogP contribution < -0.4 is 26.1 Å². The highest BCUT2D eigenvalue weighted by atomic mass is 31.2. The summed E-state index contributed by atoms with van der Waals surface area (Å²) in [6.07, 6.45) is -10.5. The van der Waals surface area contributed by atoms with Crippen molar-refractivity contribution < 1.29 is 54.9 Å². The molecule has 0 spiro atoms. The van der Waals surface area contributed by atoms with Crippen molar-refractivity contribution in [2.45, 2.75) is 12.4 Å². The average molecular weight is 776 g/mol. The van der Waals surface area contributed by atoms with E-state index in [0.717, 1.165) is 11.0 Å². The molecule has 5 aromatic rings. The molecule has 0 aromatic heterocycles. The molecule has 9 nitrogen and oxygen atoms in total. The number of nitrogens with zero attached hydrogens (tertiary/aromatic N) is 2. The molecule has 0 radical (unpaired) electrons. The standard InChI is InChI=1S/C39H24F6N3O6P/c1-46-24-5-3-7-26(18-24)55(54,28-16-22(38(40,41)42)15-23(17-28)39(43,44)45)27-8-4-6-25(19-27)48-36(52)30-12-10-21(14-32(30)37(48)53)33(49)20-9-11-29-31(13-20)35(51)47(2)34(29)50/h3-19,46H,1-2H3. The lowest BCUT2D eigenvalue weighted by molar-refractivity contribution is -0.143. The number of alkyl halides is 6. The normalized spacial score (nSPS) is 15.3. The summed E-state index contributed by atoms with van der Waals surface area (Å²) in [5.41, 5.74) is -3.43. The average Bonchev–Trinajstić information content (AvgIpc) is 3.55. The summed E-state index contributed by atoms with van der Waals surface area (Å²) in [5, 5.41) is 1.58. The van der Waals surface area contributed by atoms with E-state index in [-0.39, 0.29) is 55.7 Å². The van der Waals surface area contributed by atoms with Crippen LogP contribution in [0.15, 0.2) is 103 Å². The molecule has 0 bridgehead atoms. The Balaban J connectivity index is 1.31. The van der Waals surface area contributed by atoms with Gasteiger partial charge < -0.3 is 9.88 Å². The molecule has 2 aliphatic rings. The number of hydrogen-bond acceptors (Lipinski definition) is 7. The lowest BCUT2D eigenvalue weighted by Gasteiger charge is -2.24. The van der Waals surface area contributed by atoms with Crippen LogP contribution in [0.25, 0.3) is 0 Å². The number of nitrogens with one attached hydrogen (secondary N) is 1. The van der Waals surface area contributed by atoms with Crippen LogP contribution in [-0.2, 0) is 16.9 Å². The highest BCUT2D eigenvalue weighted by Gasteiger charge is 2.42. The summed E-state index contributed by atoms with van der Waals surface area (Å²) in [4.78, 5) is 67.5. The van der Waals surface area contributed by atoms with Crippen molar-refractivity contribution in [1.82, 2.24) is 4.90 Å². The van der Waals surface area contributed by atoms with Gasteiger partial charge in [-0.15, -0.1) is 0 Å². The van der Waals surface area contributed by atoms with Crippen LogP contribution in [0.5, 0.6) is 0 Å². The number of hydrogen-bond donors (Lipinski definition) is 1. The second-order valence-corrected chi connectivity index (χ2v) is 15.4. The van der Waals surface area contributed by atoms with Crippen molar-refractivity contribution in [3.8, 4) is 0 Å². The minimum absolute atomic E-state index is 0.0200. The van der Waals surface area contributed by atoms with Gasteiger partial charge in [-0.25, -0.2) is 4.90 Å². The van der Waals surface area contributed by atoms with Gasteiger partial charge in [-0.1, -0.05) is 36.4 Å². The van der Waals surface area contributed by atoms with Crippen LogP contribution in [0, 0.1) is 0 Å². The minimum atomic E-state index is -5.25. The summed E-state index contributed by atoms with van der Waals surface area (Å²) in [6, 6.07) is 18.7. The van der Waals surface area contributed by atoms with E-state index in [1.54, 1.807) is 6.07 Å². The molecule has 7 rings (SSSR count). The number of carbonyl (C=O) groups is 5. The second kappa shape index (κ2) is 12.9. The molecule has 0 saturated carbocycles. The van der Waals surface area contributed by atoms with Gasteiger partial charge in [0.05, 0.1) is 39.1 Å². The fourth-order valence-corrected chi connectivity index (χ4v) is 9.30. The van der Waals surface area contributed by atoms with E-state index in [2.05, 4.69) is 5.32 Å². The number of fused-ring (bicyclic) bond motifs is 2. The van der Waals surface area contributed by atoms with Gasteiger partial charge in [0.15, 0.2) is 12.9 Å². The van der Waals surface area contributed by atoms with E-state index in [1.165, 1.54) is 86.9 Å². The zero-order valence-electron chi connectivity index (χ0n) is 28.4. The Labute approximate surface area is 307 Å². The van der Waals surface area contributed by atoms with Crippen LogP contribution in [0.3, 0.4) is 0 Å². The Morgan fingerprint density at radius 3 is 1.64 bits per heavy atom. The van der Waals surface area contributed by atoms with Crippen molar-refractivity contribution in [2.75, 3.05) is 24.3 Å². The summed E-state index contributed by atoms with van der Waals surface area (Å²) in [6.45, 7) is 0.